The molecule has 0 bridgehead atoms. The summed E-state index contributed by atoms with van der Waals surface area (Å²) in [5.41, 5.74) is 2.85. The van der Waals surface area contributed by atoms with Crippen LogP contribution < -0.4 is 0 Å². The summed E-state index contributed by atoms with van der Waals surface area (Å²) < 4.78 is 3.57. The summed E-state index contributed by atoms with van der Waals surface area (Å²) >= 11 is 6.08. The Hall–Kier alpha value is -3.06. The van der Waals surface area contributed by atoms with Crippen molar-refractivity contribution in [2.45, 2.75) is 13.8 Å². The molecular weight excluding hydrogens is 338 g/mol. The number of aromatic nitrogens is 7. The van der Waals surface area contributed by atoms with Crippen molar-refractivity contribution in [1.29, 1.82) is 0 Å². The van der Waals surface area contributed by atoms with Crippen molar-refractivity contribution in [3.63, 3.8) is 0 Å². The van der Waals surface area contributed by atoms with Crippen LogP contribution in [-0.2, 0) is 0 Å². The average Bonchev–Trinajstić information content (AvgIpc) is 3.25. The molecule has 0 aliphatic carbocycles. The highest BCUT2D eigenvalue weighted by atomic mass is 35.5. The lowest BCUT2D eigenvalue weighted by atomic mass is 10.2. The lowest BCUT2D eigenvalue weighted by Crippen LogP contribution is -2.03. The number of pyridine rings is 1. The Balaban J connectivity index is 1.86. The van der Waals surface area contributed by atoms with Gasteiger partial charge in [-0.3, -0.25) is 4.57 Å². The van der Waals surface area contributed by atoms with E-state index >= 15 is 0 Å². The third-order valence-corrected chi connectivity index (χ3v) is 4.02. The Morgan fingerprint density at radius 3 is 2.56 bits per heavy atom. The molecule has 0 aliphatic rings. The molecule has 7 nitrogen and oxygen atoms in total. The van der Waals surface area contributed by atoms with E-state index in [1.165, 1.54) is 0 Å². The monoisotopic (exact) mass is 351 g/mol. The highest BCUT2D eigenvalue weighted by molar-refractivity contribution is 6.30. The number of halogens is 1. The fraction of sp³-hybridized carbons (Fsp3) is 0.118. The van der Waals surface area contributed by atoms with Crippen LogP contribution in [0.25, 0.3) is 22.9 Å². The van der Waals surface area contributed by atoms with E-state index in [1.54, 1.807) is 23.4 Å². The highest BCUT2D eigenvalue weighted by Crippen LogP contribution is 2.25. The van der Waals surface area contributed by atoms with Crippen LogP contribution in [0.4, 0.5) is 0 Å². The summed E-state index contributed by atoms with van der Waals surface area (Å²) in [7, 11) is 0. The molecule has 0 fully saturated rings. The SMILES string of the molecule is Cc1nc(-c2ccnc(-n3cnnc3)c2)n(-c2ccc(Cl)cc2C)n1. The number of rotatable bonds is 3. The number of benzene rings is 1. The summed E-state index contributed by atoms with van der Waals surface area (Å²) in [6.45, 7) is 3.87. The van der Waals surface area contributed by atoms with Crippen LogP contribution in [0.3, 0.4) is 0 Å². The molecule has 3 heterocycles. The van der Waals surface area contributed by atoms with Gasteiger partial charge in [0.2, 0.25) is 0 Å². The molecule has 1 aromatic carbocycles. The first-order chi connectivity index (χ1) is 12.1. The van der Waals surface area contributed by atoms with Crippen molar-refractivity contribution in [3.05, 3.63) is 65.6 Å². The van der Waals surface area contributed by atoms with Gasteiger partial charge in [0.05, 0.1) is 5.69 Å². The zero-order chi connectivity index (χ0) is 17.4. The van der Waals surface area contributed by atoms with Crippen molar-refractivity contribution in [2.24, 2.45) is 0 Å². The predicted octanol–water partition coefficient (Wildman–Crippen LogP) is 3.18. The highest BCUT2D eigenvalue weighted by Gasteiger charge is 2.14. The van der Waals surface area contributed by atoms with Gasteiger partial charge in [0.15, 0.2) is 5.82 Å². The largest absolute Gasteiger partial charge is 0.272 e. The van der Waals surface area contributed by atoms with Crippen LogP contribution in [0.15, 0.2) is 49.2 Å². The predicted molar refractivity (Wildman–Crippen MR) is 94.0 cm³/mol. The molecular formula is C17H14ClN7. The second kappa shape index (κ2) is 6.10. The van der Waals surface area contributed by atoms with E-state index in [0.717, 1.165) is 22.6 Å². The third kappa shape index (κ3) is 2.89. The maximum Gasteiger partial charge on any atom is 0.163 e. The van der Waals surface area contributed by atoms with Crippen molar-refractivity contribution < 1.29 is 0 Å². The van der Waals surface area contributed by atoms with Gasteiger partial charge in [0.25, 0.3) is 0 Å². The second-order valence-electron chi connectivity index (χ2n) is 5.60. The van der Waals surface area contributed by atoms with Crippen LogP contribution in [-0.4, -0.2) is 34.5 Å². The van der Waals surface area contributed by atoms with Crippen molar-refractivity contribution in [1.82, 2.24) is 34.5 Å². The van der Waals surface area contributed by atoms with E-state index < -0.39 is 0 Å². The lowest BCUT2D eigenvalue weighted by molar-refractivity contribution is 0.861. The molecule has 8 heteroatoms. The topological polar surface area (TPSA) is 74.3 Å². The van der Waals surface area contributed by atoms with Gasteiger partial charge in [-0.1, -0.05) is 11.6 Å². The maximum absolute atomic E-state index is 6.08. The maximum atomic E-state index is 6.08. The summed E-state index contributed by atoms with van der Waals surface area (Å²) in [4.78, 5) is 8.95. The van der Waals surface area contributed by atoms with E-state index in [9.17, 15) is 0 Å². The molecule has 0 saturated carbocycles. The average molecular weight is 352 g/mol. The molecule has 0 N–H and O–H groups in total. The van der Waals surface area contributed by atoms with Gasteiger partial charge in [0.1, 0.15) is 24.3 Å². The molecule has 25 heavy (non-hydrogen) atoms. The van der Waals surface area contributed by atoms with Crippen molar-refractivity contribution in [3.8, 4) is 22.9 Å². The first kappa shape index (κ1) is 15.5. The number of hydrogen-bond acceptors (Lipinski definition) is 5. The van der Waals surface area contributed by atoms with Crippen LogP contribution in [0.2, 0.25) is 5.02 Å². The summed E-state index contributed by atoms with van der Waals surface area (Å²) in [6, 6.07) is 9.53. The molecule has 0 unspecified atom stereocenters. The van der Waals surface area contributed by atoms with Crippen molar-refractivity contribution >= 4 is 11.6 Å². The number of nitrogens with zero attached hydrogens (tertiary/aromatic N) is 7. The van der Waals surface area contributed by atoms with Gasteiger partial charge >= 0.3 is 0 Å². The zero-order valence-corrected chi connectivity index (χ0v) is 14.4. The first-order valence-electron chi connectivity index (χ1n) is 7.63. The molecule has 124 valence electrons. The molecule has 3 aromatic heterocycles. The van der Waals surface area contributed by atoms with Crippen LogP contribution >= 0.6 is 11.6 Å². The summed E-state index contributed by atoms with van der Waals surface area (Å²) in [5, 5.41) is 12.9. The minimum atomic E-state index is 0.687. The fourth-order valence-electron chi connectivity index (χ4n) is 2.64. The second-order valence-corrected chi connectivity index (χ2v) is 6.03. The van der Waals surface area contributed by atoms with Gasteiger partial charge in [0, 0.05) is 16.8 Å². The molecule has 0 saturated heterocycles. The van der Waals surface area contributed by atoms with Gasteiger partial charge in [-0.15, -0.1) is 10.2 Å². The molecule has 4 rings (SSSR count). The molecule has 0 radical (unpaired) electrons. The molecule has 0 atom stereocenters. The quantitative estimate of drug-likeness (QED) is 0.566. The Kier molecular flexibility index (Phi) is 3.77. The normalized spacial score (nSPS) is 11.0. The summed E-state index contributed by atoms with van der Waals surface area (Å²) in [6.07, 6.45) is 4.94. The zero-order valence-electron chi connectivity index (χ0n) is 13.6. The van der Waals surface area contributed by atoms with Gasteiger partial charge in [-0.2, -0.15) is 5.10 Å². The number of aryl methyl sites for hydroxylation is 2. The summed E-state index contributed by atoms with van der Waals surface area (Å²) in [5.74, 6) is 2.13. The van der Waals surface area contributed by atoms with E-state index in [1.807, 2.05) is 48.9 Å². The smallest absolute Gasteiger partial charge is 0.163 e. The van der Waals surface area contributed by atoms with Crippen molar-refractivity contribution in [2.75, 3.05) is 0 Å². The third-order valence-electron chi connectivity index (χ3n) is 3.79. The van der Waals surface area contributed by atoms with Crippen LogP contribution in [0, 0.1) is 13.8 Å². The van der Waals surface area contributed by atoms with E-state index in [2.05, 4.69) is 25.3 Å². The Morgan fingerprint density at radius 2 is 1.80 bits per heavy atom. The standard InChI is InChI=1S/C17H14ClN7/c1-11-7-14(18)3-4-15(11)25-17(22-12(2)23-25)13-5-6-19-16(8-13)24-9-20-21-10-24/h3-10H,1-2H3. The van der Waals surface area contributed by atoms with E-state index in [0.29, 0.717) is 16.7 Å². The number of hydrogen-bond donors (Lipinski definition) is 0. The molecule has 0 spiro atoms. The first-order valence-corrected chi connectivity index (χ1v) is 8.01. The Bertz CT molecular complexity index is 1040. The van der Waals surface area contributed by atoms with Gasteiger partial charge in [-0.25, -0.2) is 14.6 Å². The minimum Gasteiger partial charge on any atom is -0.272 e. The molecule has 0 amide bonds. The van der Waals surface area contributed by atoms with Gasteiger partial charge < -0.3 is 0 Å². The van der Waals surface area contributed by atoms with Crippen LogP contribution in [0.5, 0.6) is 0 Å². The van der Waals surface area contributed by atoms with Gasteiger partial charge in [-0.05, 0) is 49.7 Å². The van der Waals surface area contributed by atoms with E-state index in [-0.39, 0.29) is 0 Å². The minimum absolute atomic E-state index is 0.687. The van der Waals surface area contributed by atoms with E-state index in [4.69, 9.17) is 11.6 Å². The Labute approximate surface area is 149 Å². The van der Waals surface area contributed by atoms with Crippen LogP contribution in [0.1, 0.15) is 11.4 Å². The fourth-order valence-corrected chi connectivity index (χ4v) is 2.87. The molecule has 0 aliphatic heterocycles. The Morgan fingerprint density at radius 1 is 1.00 bits per heavy atom. The lowest BCUT2D eigenvalue weighted by Gasteiger charge is -2.10. The molecule has 4 aromatic rings.